The Bertz CT molecular complexity index is 551. The van der Waals surface area contributed by atoms with Gasteiger partial charge in [0.05, 0.1) is 5.02 Å². The van der Waals surface area contributed by atoms with Crippen molar-refractivity contribution in [1.29, 1.82) is 0 Å². The number of carbonyl (C=O) groups excluding carboxylic acids is 1. The van der Waals surface area contributed by atoms with Crippen molar-refractivity contribution >= 4 is 41.3 Å². The van der Waals surface area contributed by atoms with Crippen molar-refractivity contribution in [1.82, 2.24) is 5.32 Å². The van der Waals surface area contributed by atoms with Gasteiger partial charge < -0.3 is 10.4 Å². The summed E-state index contributed by atoms with van der Waals surface area (Å²) in [5, 5.41) is 11.4. The van der Waals surface area contributed by atoms with E-state index in [1.807, 2.05) is 6.26 Å². The standard InChI is InChI=1S/C14H15ClFNO3S/c1-21-7-6-12(14(19)20)17-13(18)5-3-9-2-4-11(16)10(15)8-9/h2-5,8,12H,6-7H2,1H3,(H,17,18)(H,19,20)/b5-3+/t12-/m1/s1. The molecule has 0 heterocycles. The Morgan fingerprint density at radius 1 is 1.52 bits per heavy atom. The molecule has 1 atom stereocenters. The van der Waals surface area contributed by atoms with Gasteiger partial charge in [0, 0.05) is 6.08 Å². The van der Waals surface area contributed by atoms with Gasteiger partial charge in [-0.3, -0.25) is 4.79 Å². The molecule has 114 valence electrons. The molecule has 0 radical (unpaired) electrons. The average Bonchev–Trinajstić information content (AvgIpc) is 2.44. The highest BCUT2D eigenvalue weighted by molar-refractivity contribution is 7.98. The Kier molecular flexibility index (Phi) is 7.25. The van der Waals surface area contributed by atoms with Crippen molar-refractivity contribution in [2.75, 3.05) is 12.0 Å². The molecule has 21 heavy (non-hydrogen) atoms. The van der Waals surface area contributed by atoms with E-state index in [-0.39, 0.29) is 5.02 Å². The van der Waals surface area contributed by atoms with Crippen molar-refractivity contribution in [3.8, 4) is 0 Å². The number of benzene rings is 1. The fourth-order valence-electron chi connectivity index (χ4n) is 1.50. The summed E-state index contributed by atoms with van der Waals surface area (Å²) in [6.07, 6.45) is 4.84. The molecule has 0 bridgehead atoms. The summed E-state index contributed by atoms with van der Waals surface area (Å²) in [6.45, 7) is 0. The van der Waals surface area contributed by atoms with Crippen molar-refractivity contribution in [3.63, 3.8) is 0 Å². The van der Waals surface area contributed by atoms with Crippen LogP contribution in [0.2, 0.25) is 5.02 Å². The second-order valence-corrected chi connectivity index (χ2v) is 5.58. The minimum atomic E-state index is -1.07. The van der Waals surface area contributed by atoms with Crippen molar-refractivity contribution in [2.24, 2.45) is 0 Å². The van der Waals surface area contributed by atoms with Gasteiger partial charge in [0.1, 0.15) is 11.9 Å². The first-order valence-electron chi connectivity index (χ1n) is 6.09. The molecule has 1 aromatic carbocycles. The zero-order valence-corrected chi connectivity index (χ0v) is 12.9. The molecule has 1 aromatic rings. The SMILES string of the molecule is CSCC[C@@H](NC(=O)/C=C/c1ccc(F)c(Cl)c1)C(=O)O. The van der Waals surface area contributed by atoms with Gasteiger partial charge in [-0.25, -0.2) is 9.18 Å². The highest BCUT2D eigenvalue weighted by Crippen LogP contribution is 2.16. The van der Waals surface area contributed by atoms with Gasteiger partial charge >= 0.3 is 5.97 Å². The molecule has 0 unspecified atom stereocenters. The Morgan fingerprint density at radius 2 is 2.24 bits per heavy atom. The Hall–Kier alpha value is -1.53. The molecule has 0 aliphatic heterocycles. The molecule has 0 spiro atoms. The van der Waals surface area contributed by atoms with Crippen LogP contribution < -0.4 is 5.32 Å². The topological polar surface area (TPSA) is 66.4 Å². The van der Waals surface area contributed by atoms with Crippen molar-refractivity contribution < 1.29 is 19.1 Å². The molecule has 4 nitrogen and oxygen atoms in total. The number of carboxylic acids is 1. The molecule has 1 amide bonds. The fraction of sp³-hybridized carbons (Fsp3) is 0.286. The molecular weight excluding hydrogens is 317 g/mol. The van der Waals surface area contributed by atoms with Gasteiger partial charge in [0.25, 0.3) is 0 Å². The summed E-state index contributed by atoms with van der Waals surface area (Å²) < 4.78 is 13.0. The molecule has 0 aromatic heterocycles. The predicted molar refractivity (Wildman–Crippen MR) is 83.0 cm³/mol. The van der Waals surface area contributed by atoms with Crippen LogP contribution in [0.3, 0.4) is 0 Å². The largest absolute Gasteiger partial charge is 0.480 e. The van der Waals surface area contributed by atoms with Crippen LogP contribution in [0.5, 0.6) is 0 Å². The summed E-state index contributed by atoms with van der Waals surface area (Å²) in [5.74, 6) is -1.50. The van der Waals surface area contributed by atoms with Crippen LogP contribution >= 0.6 is 23.4 Å². The Morgan fingerprint density at radius 3 is 2.81 bits per heavy atom. The summed E-state index contributed by atoms with van der Waals surface area (Å²) in [4.78, 5) is 22.7. The number of nitrogens with one attached hydrogen (secondary N) is 1. The molecule has 0 aliphatic carbocycles. The summed E-state index contributed by atoms with van der Waals surface area (Å²) >= 11 is 7.13. The third kappa shape index (κ3) is 6.18. The van der Waals surface area contributed by atoms with Crippen molar-refractivity contribution in [2.45, 2.75) is 12.5 Å². The lowest BCUT2D eigenvalue weighted by molar-refractivity contribution is -0.141. The monoisotopic (exact) mass is 331 g/mol. The second-order valence-electron chi connectivity index (χ2n) is 4.19. The van der Waals surface area contributed by atoms with E-state index in [2.05, 4.69) is 5.32 Å². The van der Waals surface area contributed by atoms with Crippen LogP contribution in [0.4, 0.5) is 4.39 Å². The third-order valence-electron chi connectivity index (χ3n) is 2.60. The molecule has 0 saturated heterocycles. The lowest BCUT2D eigenvalue weighted by Crippen LogP contribution is -2.40. The van der Waals surface area contributed by atoms with Crippen molar-refractivity contribution in [3.05, 3.63) is 40.7 Å². The van der Waals surface area contributed by atoms with Gasteiger partial charge in [-0.2, -0.15) is 11.8 Å². The second kappa shape index (κ2) is 8.69. The van der Waals surface area contributed by atoms with E-state index < -0.39 is 23.7 Å². The first-order valence-corrected chi connectivity index (χ1v) is 7.86. The van der Waals surface area contributed by atoms with Crippen LogP contribution in [0, 0.1) is 5.82 Å². The van der Waals surface area contributed by atoms with Crippen LogP contribution in [-0.4, -0.2) is 35.0 Å². The molecule has 0 aliphatic rings. The van der Waals surface area contributed by atoms with E-state index in [4.69, 9.17) is 16.7 Å². The maximum atomic E-state index is 13.0. The first kappa shape index (κ1) is 17.5. The molecule has 7 heteroatoms. The third-order valence-corrected chi connectivity index (χ3v) is 3.53. The maximum absolute atomic E-state index is 13.0. The molecule has 0 fully saturated rings. The quantitative estimate of drug-likeness (QED) is 0.754. The predicted octanol–water partition coefficient (Wildman–Crippen LogP) is 2.81. The normalized spacial score (nSPS) is 12.3. The number of thioether (sulfide) groups is 1. The van der Waals surface area contributed by atoms with Crippen LogP contribution in [-0.2, 0) is 9.59 Å². The number of rotatable bonds is 7. The van der Waals surface area contributed by atoms with Crippen LogP contribution in [0.1, 0.15) is 12.0 Å². The highest BCUT2D eigenvalue weighted by Gasteiger charge is 2.17. The van der Waals surface area contributed by atoms with Gasteiger partial charge in [-0.15, -0.1) is 0 Å². The van der Waals surface area contributed by atoms with Gasteiger partial charge in [0.15, 0.2) is 0 Å². The lowest BCUT2D eigenvalue weighted by Gasteiger charge is -2.12. The van der Waals surface area contributed by atoms with E-state index in [1.165, 1.54) is 42.1 Å². The summed E-state index contributed by atoms with van der Waals surface area (Å²) in [7, 11) is 0. The number of carbonyl (C=O) groups is 2. The van der Waals surface area contributed by atoms with E-state index in [0.29, 0.717) is 17.7 Å². The fourth-order valence-corrected chi connectivity index (χ4v) is 2.16. The minimum absolute atomic E-state index is 0.0408. The zero-order valence-electron chi connectivity index (χ0n) is 11.3. The van der Waals surface area contributed by atoms with E-state index in [1.54, 1.807) is 0 Å². The smallest absolute Gasteiger partial charge is 0.326 e. The molecular formula is C14H15ClFNO3S. The molecule has 1 rings (SSSR count). The van der Waals surface area contributed by atoms with E-state index >= 15 is 0 Å². The molecule has 0 saturated carbocycles. The number of carboxylic acid groups (broad SMARTS) is 1. The number of hydrogen-bond donors (Lipinski definition) is 2. The number of amides is 1. The molecule has 2 N–H and O–H groups in total. The number of hydrogen-bond acceptors (Lipinski definition) is 3. The van der Waals surface area contributed by atoms with E-state index in [9.17, 15) is 14.0 Å². The average molecular weight is 332 g/mol. The van der Waals surface area contributed by atoms with Crippen LogP contribution in [0.15, 0.2) is 24.3 Å². The van der Waals surface area contributed by atoms with Gasteiger partial charge in [0.2, 0.25) is 5.91 Å². The lowest BCUT2D eigenvalue weighted by atomic mass is 10.2. The minimum Gasteiger partial charge on any atom is -0.480 e. The Balaban J connectivity index is 2.64. The number of halogens is 2. The maximum Gasteiger partial charge on any atom is 0.326 e. The summed E-state index contributed by atoms with van der Waals surface area (Å²) in [6, 6.07) is 3.11. The van der Waals surface area contributed by atoms with Crippen LogP contribution in [0.25, 0.3) is 6.08 Å². The zero-order chi connectivity index (χ0) is 15.8. The highest BCUT2D eigenvalue weighted by atomic mass is 35.5. The summed E-state index contributed by atoms with van der Waals surface area (Å²) in [5.41, 5.74) is 0.549. The van der Waals surface area contributed by atoms with Gasteiger partial charge in [-0.1, -0.05) is 17.7 Å². The van der Waals surface area contributed by atoms with Gasteiger partial charge in [-0.05, 0) is 42.2 Å². The first-order chi connectivity index (χ1) is 9.93. The number of aliphatic carboxylic acids is 1. The Labute approximate surface area is 131 Å². The van der Waals surface area contributed by atoms with E-state index in [0.717, 1.165) is 0 Å².